The minimum absolute atomic E-state index is 0.167. The van der Waals surface area contributed by atoms with E-state index >= 15 is 0 Å². The third kappa shape index (κ3) is 3.36. The Kier molecular flexibility index (Phi) is 4.59. The largest absolute Gasteiger partial charge is 0.388 e. The molecule has 0 aliphatic carbocycles. The second-order valence-electron chi connectivity index (χ2n) is 4.14. The van der Waals surface area contributed by atoms with Gasteiger partial charge in [0, 0.05) is 20.1 Å². The molecule has 0 aliphatic rings. The maximum Gasteiger partial charge on any atom is 0.158 e. The minimum atomic E-state index is -0.263. The summed E-state index contributed by atoms with van der Waals surface area (Å²) in [5.74, 6) is 0.975. The molecule has 0 atom stereocenters. The fourth-order valence-corrected chi connectivity index (χ4v) is 1.85. The van der Waals surface area contributed by atoms with E-state index in [0.717, 1.165) is 11.4 Å². The molecule has 0 unspecified atom stereocenters. The molecular formula is C13H16FN3O2. The zero-order valence-electron chi connectivity index (χ0n) is 10.7. The molecule has 0 amide bonds. The zero-order valence-corrected chi connectivity index (χ0v) is 10.7. The number of hydrogen-bond donors (Lipinski definition) is 1. The van der Waals surface area contributed by atoms with Crippen LogP contribution < -0.4 is 0 Å². The van der Waals surface area contributed by atoms with Crippen LogP contribution in [-0.2, 0) is 24.3 Å². The van der Waals surface area contributed by atoms with Crippen LogP contribution in [0.2, 0.25) is 0 Å². The van der Waals surface area contributed by atoms with Gasteiger partial charge in [0.2, 0.25) is 0 Å². The number of aliphatic hydroxyl groups is 1. The van der Waals surface area contributed by atoms with Crippen molar-refractivity contribution in [1.82, 2.24) is 14.8 Å². The van der Waals surface area contributed by atoms with Gasteiger partial charge in [-0.3, -0.25) is 0 Å². The van der Waals surface area contributed by atoms with Gasteiger partial charge in [0.1, 0.15) is 18.2 Å². The van der Waals surface area contributed by atoms with E-state index < -0.39 is 0 Å². The first-order valence-electron chi connectivity index (χ1n) is 5.99. The first-order chi connectivity index (χ1) is 9.24. The van der Waals surface area contributed by atoms with Crippen molar-refractivity contribution in [3.8, 4) is 0 Å². The molecule has 0 aliphatic heterocycles. The summed E-state index contributed by atoms with van der Waals surface area (Å²) in [5, 5.41) is 17.2. The van der Waals surface area contributed by atoms with Gasteiger partial charge < -0.3 is 14.4 Å². The van der Waals surface area contributed by atoms with Crippen molar-refractivity contribution in [2.45, 2.75) is 19.6 Å². The molecule has 0 fully saturated rings. The lowest BCUT2D eigenvalue weighted by atomic mass is 10.1. The lowest BCUT2D eigenvalue weighted by Crippen LogP contribution is -2.12. The van der Waals surface area contributed by atoms with Crippen LogP contribution in [0.3, 0.4) is 0 Å². The Bertz CT molecular complexity index is 525. The number of aliphatic hydroxyl groups excluding tert-OH is 1. The first kappa shape index (κ1) is 13.6. The monoisotopic (exact) mass is 265 g/mol. The number of benzene rings is 1. The summed E-state index contributed by atoms with van der Waals surface area (Å²) in [6, 6.07) is 6.25. The quantitative estimate of drug-likeness (QED) is 0.851. The summed E-state index contributed by atoms with van der Waals surface area (Å²) in [6.07, 6.45) is 0.539. The van der Waals surface area contributed by atoms with Gasteiger partial charge in [0.25, 0.3) is 0 Å². The average molecular weight is 265 g/mol. The minimum Gasteiger partial charge on any atom is -0.388 e. The second kappa shape index (κ2) is 6.40. The molecular weight excluding hydrogens is 249 g/mol. The number of halogens is 1. The van der Waals surface area contributed by atoms with Gasteiger partial charge in [-0.15, -0.1) is 10.2 Å². The van der Waals surface area contributed by atoms with Gasteiger partial charge >= 0.3 is 0 Å². The summed E-state index contributed by atoms with van der Waals surface area (Å²) in [4.78, 5) is 0. The van der Waals surface area contributed by atoms with Gasteiger partial charge in [-0.05, 0) is 17.7 Å². The van der Waals surface area contributed by atoms with Gasteiger partial charge in [-0.25, -0.2) is 4.39 Å². The number of methoxy groups -OCH3 is 1. The molecule has 0 saturated heterocycles. The van der Waals surface area contributed by atoms with E-state index in [9.17, 15) is 9.50 Å². The van der Waals surface area contributed by atoms with E-state index in [1.54, 1.807) is 19.2 Å². The van der Waals surface area contributed by atoms with Gasteiger partial charge in [-0.1, -0.05) is 12.1 Å². The molecule has 0 bridgehead atoms. The molecule has 5 nitrogen and oxygen atoms in total. The highest BCUT2D eigenvalue weighted by Gasteiger charge is 2.11. The van der Waals surface area contributed by atoms with Crippen LogP contribution in [0.1, 0.15) is 17.2 Å². The van der Waals surface area contributed by atoms with Crippen molar-refractivity contribution in [2.24, 2.45) is 0 Å². The number of rotatable bonds is 6. The van der Waals surface area contributed by atoms with Crippen LogP contribution in [0.25, 0.3) is 0 Å². The highest BCUT2D eigenvalue weighted by Crippen LogP contribution is 2.11. The third-order valence-electron chi connectivity index (χ3n) is 2.84. The predicted octanol–water partition coefficient (Wildman–Crippen LogP) is 1.15. The van der Waals surface area contributed by atoms with Crippen molar-refractivity contribution in [3.63, 3.8) is 0 Å². The van der Waals surface area contributed by atoms with Crippen molar-refractivity contribution >= 4 is 0 Å². The van der Waals surface area contributed by atoms with Crippen LogP contribution in [0, 0.1) is 5.82 Å². The Balaban J connectivity index is 2.19. The Morgan fingerprint density at radius 1 is 1.21 bits per heavy atom. The normalized spacial score (nSPS) is 10.9. The van der Waals surface area contributed by atoms with Crippen molar-refractivity contribution in [1.29, 1.82) is 0 Å². The lowest BCUT2D eigenvalue weighted by Gasteiger charge is -2.08. The summed E-state index contributed by atoms with van der Waals surface area (Å²) in [6.45, 7) is 0.928. The second-order valence-corrected chi connectivity index (χ2v) is 4.14. The average Bonchev–Trinajstić information content (AvgIpc) is 2.81. The summed E-state index contributed by atoms with van der Waals surface area (Å²) >= 11 is 0. The molecule has 0 saturated carbocycles. The van der Waals surface area contributed by atoms with Gasteiger partial charge in [-0.2, -0.15) is 0 Å². The number of nitrogens with zero attached hydrogens (tertiary/aromatic N) is 3. The summed E-state index contributed by atoms with van der Waals surface area (Å²) < 4.78 is 19.7. The molecule has 6 heteroatoms. The van der Waals surface area contributed by atoms with Crippen LogP contribution in [0.4, 0.5) is 4.39 Å². The Morgan fingerprint density at radius 2 is 1.89 bits per heavy atom. The fraction of sp³-hybridized carbons (Fsp3) is 0.385. The van der Waals surface area contributed by atoms with E-state index in [2.05, 4.69) is 10.2 Å². The Hall–Kier alpha value is -1.79. The van der Waals surface area contributed by atoms with E-state index in [0.29, 0.717) is 25.4 Å². The van der Waals surface area contributed by atoms with Crippen LogP contribution in [0.5, 0.6) is 0 Å². The lowest BCUT2D eigenvalue weighted by molar-refractivity contribution is 0.181. The SMILES string of the molecule is COCCn1c(CO)nnc1Cc1ccc(F)cc1. The highest BCUT2D eigenvalue weighted by molar-refractivity contribution is 5.20. The van der Waals surface area contributed by atoms with E-state index in [4.69, 9.17) is 4.74 Å². The molecule has 19 heavy (non-hydrogen) atoms. The summed E-state index contributed by atoms with van der Waals surface area (Å²) in [5.41, 5.74) is 0.942. The standard InChI is InChI=1S/C13H16FN3O2/c1-19-7-6-17-12(15-16-13(17)9-18)8-10-2-4-11(14)5-3-10/h2-5,18H,6-9H2,1H3. The molecule has 0 radical (unpaired) electrons. The van der Waals surface area contributed by atoms with Crippen molar-refractivity contribution < 1.29 is 14.2 Å². The van der Waals surface area contributed by atoms with Crippen LogP contribution in [-0.4, -0.2) is 33.6 Å². The van der Waals surface area contributed by atoms with Crippen LogP contribution in [0.15, 0.2) is 24.3 Å². The summed E-state index contributed by atoms with van der Waals surface area (Å²) in [7, 11) is 1.61. The van der Waals surface area contributed by atoms with Crippen LogP contribution >= 0.6 is 0 Å². The topological polar surface area (TPSA) is 60.2 Å². The molecule has 1 aromatic heterocycles. The molecule has 1 aromatic carbocycles. The Labute approximate surface area is 110 Å². The molecule has 1 N–H and O–H groups in total. The van der Waals surface area contributed by atoms with Crippen molar-refractivity contribution in [3.05, 3.63) is 47.3 Å². The van der Waals surface area contributed by atoms with E-state index in [1.165, 1.54) is 12.1 Å². The molecule has 2 rings (SSSR count). The molecule has 1 heterocycles. The predicted molar refractivity (Wildman–Crippen MR) is 67.0 cm³/mol. The van der Waals surface area contributed by atoms with Gasteiger partial charge in [0.05, 0.1) is 6.61 Å². The fourth-order valence-electron chi connectivity index (χ4n) is 1.85. The first-order valence-corrected chi connectivity index (χ1v) is 5.99. The highest BCUT2D eigenvalue weighted by atomic mass is 19.1. The third-order valence-corrected chi connectivity index (χ3v) is 2.84. The maximum atomic E-state index is 12.8. The molecule has 102 valence electrons. The smallest absolute Gasteiger partial charge is 0.158 e. The number of aromatic nitrogens is 3. The zero-order chi connectivity index (χ0) is 13.7. The maximum absolute atomic E-state index is 12.8. The Morgan fingerprint density at radius 3 is 2.53 bits per heavy atom. The van der Waals surface area contributed by atoms with Gasteiger partial charge in [0.15, 0.2) is 5.82 Å². The molecule has 0 spiro atoms. The molecule has 2 aromatic rings. The number of hydrogen-bond acceptors (Lipinski definition) is 4. The van der Waals surface area contributed by atoms with E-state index in [-0.39, 0.29) is 12.4 Å². The van der Waals surface area contributed by atoms with Crippen molar-refractivity contribution in [2.75, 3.05) is 13.7 Å². The van der Waals surface area contributed by atoms with E-state index in [1.807, 2.05) is 4.57 Å². The number of ether oxygens (including phenoxy) is 1.